The Bertz CT molecular complexity index is 904. The average Bonchev–Trinajstić information content (AvgIpc) is 2.71. The van der Waals surface area contributed by atoms with Gasteiger partial charge in [-0.05, 0) is 30.3 Å². The molecule has 0 heterocycles. The van der Waals surface area contributed by atoms with Gasteiger partial charge in [-0.25, -0.2) is 0 Å². The number of hydrogen-bond donors (Lipinski definition) is 1. The molecule has 0 radical (unpaired) electrons. The van der Waals surface area contributed by atoms with Crippen LogP contribution in [0.2, 0.25) is 0 Å². The number of nitrogens with zero attached hydrogens (tertiary/aromatic N) is 1. The van der Waals surface area contributed by atoms with Crippen molar-refractivity contribution in [2.45, 2.75) is 17.5 Å². The first kappa shape index (κ1) is 23.2. The van der Waals surface area contributed by atoms with E-state index in [2.05, 4.69) is 5.32 Å². The fourth-order valence-corrected chi connectivity index (χ4v) is 3.05. The van der Waals surface area contributed by atoms with Gasteiger partial charge in [0.05, 0.1) is 16.9 Å². The van der Waals surface area contributed by atoms with Gasteiger partial charge in [-0.2, -0.15) is 13.2 Å². The van der Waals surface area contributed by atoms with E-state index in [1.807, 2.05) is 0 Å². The van der Waals surface area contributed by atoms with E-state index in [1.165, 1.54) is 36.4 Å². The van der Waals surface area contributed by atoms with E-state index < -0.39 is 28.5 Å². The number of hydrogen-bond acceptors (Lipinski definition) is 6. The average molecular weight is 442 g/mol. The quantitative estimate of drug-likeness (QED) is 0.207. The lowest BCUT2D eigenvalue weighted by atomic mass is 10.2. The summed E-state index contributed by atoms with van der Waals surface area (Å²) in [4.78, 5) is 34.0. The van der Waals surface area contributed by atoms with E-state index in [4.69, 9.17) is 4.74 Å². The van der Waals surface area contributed by atoms with Crippen molar-refractivity contribution in [3.8, 4) is 0 Å². The van der Waals surface area contributed by atoms with Crippen LogP contribution in [0.15, 0.2) is 53.4 Å². The molecule has 0 saturated carbocycles. The van der Waals surface area contributed by atoms with Gasteiger partial charge in [-0.1, -0.05) is 6.07 Å². The monoisotopic (exact) mass is 442 g/mol. The molecule has 1 amide bonds. The van der Waals surface area contributed by atoms with Gasteiger partial charge in [-0.15, -0.1) is 11.8 Å². The van der Waals surface area contributed by atoms with Crippen molar-refractivity contribution in [2.75, 3.05) is 18.9 Å². The lowest BCUT2D eigenvalue weighted by molar-refractivity contribution is -0.384. The van der Waals surface area contributed by atoms with Crippen molar-refractivity contribution in [3.05, 3.63) is 69.8 Å². The number of non-ortho nitro benzene ring substituents is 1. The summed E-state index contributed by atoms with van der Waals surface area (Å²) in [6, 6.07) is 9.86. The standard InChI is InChI=1S/C19H17F3N2O5S/c20-19(21,22)14-2-1-3-16(12-14)30-11-10-29-17(25)8-9-23-18(26)13-4-6-15(7-5-13)24(27)28/h1-7,12H,8-11H2,(H,23,26). The van der Waals surface area contributed by atoms with Crippen molar-refractivity contribution in [1.82, 2.24) is 5.32 Å². The third kappa shape index (κ3) is 7.39. The first-order chi connectivity index (χ1) is 14.2. The van der Waals surface area contributed by atoms with Crippen molar-refractivity contribution >= 4 is 29.3 Å². The van der Waals surface area contributed by atoms with Crippen molar-refractivity contribution in [3.63, 3.8) is 0 Å². The van der Waals surface area contributed by atoms with Gasteiger partial charge < -0.3 is 10.1 Å². The highest BCUT2D eigenvalue weighted by Crippen LogP contribution is 2.31. The van der Waals surface area contributed by atoms with Gasteiger partial charge in [0.1, 0.15) is 6.61 Å². The molecule has 11 heteroatoms. The second-order valence-corrected chi connectivity index (χ2v) is 7.07. The molecule has 0 aromatic heterocycles. The van der Waals surface area contributed by atoms with Crippen LogP contribution in [-0.2, 0) is 15.7 Å². The van der Waals surface area contributed by atoms with E-state index in [0.29, 0.717) is 4.90 Å². The molecule has 0 aliphatic heterocycles. The second kappa shape index (κ2) is 10.6. The summed E-state index contributed by atoms with van der Waals surface area (Å²) >= 11 is 1.13. The normalized spacial score (nSPS) is 11.0. The highest BCUT2D eigenvalue weighted by atomic mass is 32.2. The minimum Gasteiger partial charge on any atom is -0.465 e. The van der Waals surface area contributed by atoms with Crippen LogP contribution in [-0.4, -0.2) is 35.7 Å². The number of alkyl halides is 3. The van der Waals surface area contributed by atoms with Gasteiger partial charge in [0.25, 0.3) is 11.6 Å². The van der Waals surface area contributed by atoms with E-state index in [-0.39, 0.29) is 36.6 Å². The molecule has 0 atom stereocenters. The number of ether oxygens (including phenoxy) is 1. The van der Waals surface area contributed by atoms with Gasteiger partial charge in [0, 0.05) is 34.9 Å². The Labute approximate surface area is 173 Å². The lowest BCUT2D eigenvalue weighted by Crippen LogP contribution is -2.26. The number of esters is 1. The summed E-state index contributed by atoms with van der Waals surface area (Å²) in [6.07, 6.45) is -4.51. The zero-order chi connectivity index (χ0) is 22.1. The van der Waals surface area contributed by atoms with E-state index in [9.17, 15) is 32.9 Å². The zero-order valence-corrected chi connectivity index (χ0v) is 16.3. The summed E-state index contributed by atoms with van der Waals surface area (Å²) in [6.45, 7) is 0.0193. The molecule has 1 N–H and O–H groups in total. The minimum absolute atomic E-state index is 0.00935. The molecule has 2 rings (SSSR count). The number of carbonyl (C=O) groups is 2. The molecule has 0 aliphatic carbocycles. The van der Waals surface area contributed by atoms with Crippen LogP contribution >= 0.6 is 11.8 Å². The molecule has 7 nitrogen and oxygen atoms in total. The Morgan fingerprint density at radius 2 is 1.83 bits per heavy atom. The Kier molecular flexibility index (Phi) is 8.22. The van der Waals surface area contributed by atoms with Gasteiger partial charge >= 0.3 is 12.1 Å². The Hall–Kier alpha value is -3.08. The molecule has 0 fully saturated rings. The molecule has 2 aromatic rings. The summed E-state index contributed by atoms with van der Waals surface area (Å²) < 4.78 is 43.0. The van der Waals surface area contributed by atoms with E-state index >= 15 is 0 Å². The Balaban J connectivity index is 1.65. The molecule has 0 aliphatic rings. The number of carbonyl (C=O) groups excluding carboxylic acids is 2. The molecule has 0 spiro atoms. The fourth-order valence-electron chi connectivity index (χ4n) is 2.26. The maximum Gasteiger partial charge on any atom is 0.416 e. The summed E-state index contributed by atoms with van der Waals surface area (Å²) in [5.41, 5.74) is -0.669. The molecule has 0 bridgehead atoms. The van der Waals surface area contributed by atoms with Crippen LogP contribution in [0.5, 0.6) is 0 Å². The van der Waals surface area contributed by atoms with Crippen molar-refractivity contribution < 1.29 is 32.4 Å². The minimum atomic E-state index is -4.41. The molecule has 2 aromatic carbocycles. The molecule has 0 unspecified atom stereocenters. The molecular formula is C19H17F3N2O5S. The third-order valence-corrected chi connectivity index (χ3v) is 4.69. The first-order valence-electron chi connectivity index (χ1n) is 8.65. The van der Waals surface area contributed by atoms with Gasteiger partial charge in [-0.3, -0.25) is 19.7 Å². The van der Waals surface area contributed by atoms with E-state index in [1.54, 1.807) is 0 Å². The number of thioether (sulfide) groups is 1. The number of halogens is 3. The molecule has 0 saturated heterocycles. The van der Waals surface area contributed by atoms with Crippen molar-refractivity contribution in [2.24, 2.45) is 0 Å². The number of benzene rings is 2. The number of nitro groups is 1. The predicted octanol–water partition coefficient (Wildman–Crippen LogP) is 4.07. The predicted molar refractivity (Wildman–Crippen MR) is 103 cm³/mol. The Morgan fingerprint density at radius 3 is 2.47 bits per heavy atom. The van der Waals surface area contributed by atoms with Crippen molar-refractivity contribution in [1.29, 1.82) is 0 Å². The topological polar surface area (TPSA) is 98.5 Å². The highest BCUT2D eigenvalue weighted by molar-refractivity contribution is 7.99. The maximum absolute atomic E-state index is 12.7. The molecule has 160 valence electrons. The Morgan fingerprint density at radius 1 is 1.13 bits per heavy atom. The fraction of sp³-hybridized carbons (Fsp3) is 0.263. The smallest absolute Gasteiger partial charge is 0.416 e. The van der Waals surface area contributed by atoms with Crippen LogP contribution in [0.1, 0.15) is 22.3 Å². The van der Waals surface area contributed by atoms with Crippen LogP contribution in [0.25, 0.3) is 0 Å². The SMILES string of the molecule is O=C(CCNC(=O)c1ccc([N+](=O)[O-])cc1)OCCSc1cccc(C(F)(F)F)c1. The summed E-state index contributed by atoms with van der Waals surface area (Å²) in [5, 5.41) is 13.1. The second-order valence-electron chi connectivity index (χ2n) is 5.90. The third-order valence-electron chi connectivity index (χ3n) is 3.73. The maximum atomic E-state index is 12.7. The van der Waals surface area contributed by atoms with E-state index in [0.717, 1.165) is 23.9 Å². The van der Waals surface area contributed by atoms with Gasteiger partial charge in [0.15, 0.2) is 0 Å². The van der Waals surface area contributed by atoms with Crippen LogP contribution in [0.3, 0.4) is 0 Å². The number of nitro benzene ring substituents is 1. The number of amides is 1. The summed E-state index contributed by atoms with van der Waals surface area (Å²) in [5.74, 6) is -0.774. The number of rotatable bonds is 9. The van der Waals surface area contributed by atoms with Crippen LogP contribution in [0, 0.1) is 10.1 Å². The summed E-state index contributed by atoms with van der Waals surface area (Å²) in [7, 11) is 0. The molecule has 30 heavy (non-hydrogen) atoms. The van der Waals surface area contributed by atoms with Gasteiger partial charge in [0.2, 0.25) is 0 Å². The highest BCUT2D eigenvalue weighted by Gasteiger charge is 2.30. The lowest BCUT2D eigenvalue weighted by Gasteiger charge is -2.09. The van der Waals surface area contributed by atoms with Crippen LogP contribution in [0.4, 0.5) is 18.9 Å². The first-order valence-corrected chi connectivity index (χ1v) is 9.63. The zero-order valence-electron chi connectivity index (χ0n) is 15.5. The molecular weight excluding hydrogens is 425 g/mol. The largest absolute Gasteiger partial charge is 0.465 e. The van der Waals surface area contributed by atoms with Crippen LogP contribution < -0.4 is 5.32 Å². The number of nitrogens with one attached hydrogen (secondary N) is 1.